The lowest BCUT2D eigenvalue weighted by molar-refractivity contribution is 0.946. The van der Waals surface area contributed by atoms with Crippen molar-refractivity contribution in [2.24, 2.45) is 5.73 Å². The van der Waals surface area contributed by atoms with Crippen LogP contribution < -0.4 is 10.6 Å². The van der Waals surface area contributed by atoms with Gasteiger partial charge in [-0.2, -0.15) is 0 Å². The Morgan fingerprint density at radius 3 is 2.39 bits per heavy atom. The van der Waals surface area contributed by atoms with Crippen LogP contribution in [0.1, 0.15) is 16.8 Å². The summed E-state index contributed by atoms with van der Waals surface area (Å²) in [5, 5.41) is 0. The summed E-state index contributed by atoms with van der Waals surface area (Å²) >= 11 is 0. The topological polar surface area (TPSA) is 55.0 Å². The maximum atomic E-state index is 5.58. The average molecular weight is 242 g/mol. The van der Waals surface area contributed by atoms with Crippen molar-refractivity contribution in [1.82, 2.24) is 9.97 Å². The molecule has 1 aromatic heterocycles. The van der Waals surface area contributed by atoms with E-state index in [4.69, 9.17) is 5.73 Å². The number of hydrogen-bond donors (Lipinski definition) is 1. The Hall–Kier alpha value is -1.94. The van der Waals surface area contributed by atoms with Crippen molar-refractivity contribution in [3.8, 4) is 0 Å². The molecule has 0 spiro atoms. The molecular weight excluding hydrogens is 224 g/mol. The van der Waals surface area contributed by atoms with Gasteiger partial charge in [-0.3, -0.25) is 4.98 Å². The number of anilines is 2. The third-order valence-electron chi connectivity index (χ3n) is 2.82. The van der Waals surface area contributed by atoms with Crippen molar-refractivity contribution in [1.29, 1.82) is 0 Å². The molecule has 4 nitrogen and oxygen atoms in total. The van der Waals surface area contributed by atoms with Crippen molar-refractivity contribution < 1.29 is 0 Å². The Bertz CT molecular complexity index is 531. The molecule has 0 amide bonds. The molecule has 0 aliphatic heterocycles. The van der Waals surface area contributed by atoms with E-state index in [2.05, 4.69) is 42.0 Å². The van der Waals surface area contributed by atoms with Crippen molar-refractivity contribution in [3.63, 3.8) is 0 Å². The largest absolute Gasteiger partial charge is 0.328 e. The van der Waals surface area contributed by atoms with Crippen LogP contribution in [0, 0.1) is 13.8 Å². The van der Waals surface area contributed by atoms with Crippen LogP contribution >= 0.6 is 0 Å². The Morgan fingerprint density at radius 2 is 1.78 bits per heavy atom. The molecule has 0 aliphatic carbocycles. The highest BCUT2D eigenvalue weighted by Crippen LogP contribution is 2.23. The standard InChI is InChI=1S/C14H18N4/c1-10-4-11(2)6-13(5-10)18(3)14-9-16-8-12(7-15)17-14/h4-6,8-9H,7,15H2,1-3H3. The molecule has 0 fully saturated rings. The average Bonchev–Trinajstić information content (AvgIpc) is 2.37. The summed E-state index contributed by atoms with van der Waals surface area (Å²) < 4.78 is 0. The first-order valence-electron chi connectivity index (χ1n) is 5.93. The lowest BCUT2D eigenvalue weighted by atomic mass is 10.1. The minimum Gasteiger partial charge on any atom is -0.328 e. The Kier molecular flexibility index (Phi) is 3.58. The number of hydrogen-bond acceptors (Lipinski definition) is 4. The highest BCUT2D eigenvalue weighted by Gasteiger charge is 2.07. The second-order valence-electron chi connectivity index (χ2n) is 4.48. The molecule has 2 rings (SSSR count). The molecule has 2 N–H and O–H groups in total. The normalized spacial score (nSPS) is 10.4. The molecule has 4 heteroatoms. The lowest BCUT2D eigenvalue weighted by Gasteiger charge is -2.19. The van der Waals surface area contributed by atoms with E-state index in [-0.39, 0.29) is 0 Å². The van der Waals surface area contributed by atoms with Crippen LogP contribution in [0.25, 0.3) is 0 Å². The van der Waals surface area contributed by atoms with E-state index in [1.54, 1.807) is 12.4 Å². The van der Waals surface area contributed by atoms with Gasteiger partial charge in [-0.15, -0.1) is 0 Å². The predicted octanol–water partition coefficient (Wildman–Crippen LogP) is 2.32. The van der Waals surface area contributed by atoms with E-state index in [1.807, 2.05) is 11.9 Å². The van der Waals surface area contributed by atoms with E-state index < -0.39 is 0 Å². The fraction of sp³-hybridized carbons (Fsp3) is 0.286. The Labute approximate surface area is 107 Å². The highest BCUT2D eigenvalue weighted by molar-refractivity contribution is 5.60. The number of nitrogens with two attached hydrogens (primary N) is 1. The molecule has 0 aliphatic rings. The molecule has 0 unspecified atom stereocenters. The number of benzene rings is 1. The lowest BCUT2D eigenvalue weighted by Crippen LogP contribution is -2.13. The number of nitrogens with zero attached hydrogens (tertiary/aromatic N) is 3. The van der Waals surface area contributed by atoms with Crippen LogP contribution in [-0.4, -0.2) is 17.0 Å². The number of rotatable bonds is 3. The first-order chi connectivity index (χ1) is 8.60. The van der Waals surface area contributed by atoms with E-state index in [1.165, 1.54) is 11.1 Å². The minimum absolute atomic E-state index is 0.404. The summed E-state index contributed by atoms with van der Waals surface area (Å²) in [6.45, 7) is 4.58. The fourth-order valence-corrected chi connectivity index (χ4v) is 1.93. The summed E-state index contributed by atoms with van der Waals surface area (Å²) in [4.78, 5) is 10.6. The van der Waals surface area contributed by atoms with Gasteiger partial charge in [0.1, 0.15) is 0 Å². The molecule has 0 radical (unpaired) electrons. The molecule has 0 atom stereocenters. The van der Waals surface area contributed by atoms with Crippen molar-refractivity contribution in [2.75, 3.05) is 11.9 Å². The summed E-state index contributed by atoms with van der Waals surface area (Å²) in [6.07, 6.45) is 3.44. The summed E-state index contributed by atoms with van der Waals surface area (Å²) in [6, 6.07) is 6.41. The molecule has 2 aromatic rings. The quantitative estimate of drug-likeness (QED) is 0.897. The Balaban J connectivity index is 2.37. The van der Waals surface area contributed by atoms with Gasteiger partial charge < -0.3 is 10.6 Å². The number of aryl methyl sites for hydroxylation is 2. The third-order valence-corrected chi connectivity index (χ3v) is 2.82. The number of aromatic nitrogens is 2. The van der Waals surface area contributed by atoms with Crippen molar-refractivity contribution in [3.05, 3.63) is 47.4 Å². The van der Waals surface area contributed by atoms with Gasteiger partial charge in [0, 0.05) is 25.5 Å². The maximum Gasteiger partial charge on any atom is 0.151 e. The Morgan fingerprint density at radius 1 is 1.11 bits per heavy atom. The molecule has 0 saturated heterocycles. The molecule has 94 valence electrons. The van der Waals surface area contributed by atoms with E-state index in [0.29, 0.717) is 6.54 Å². The van der Waals surface area contributed by atoms with Gasteiger partial charge in [-0.25, -0.2) is 4.98 Å². The second kappa shape index (κ2) is 5.14. The zero-order chi connectivity index (χ0) is 13.1. The molecule has 0 saturated carbocycles. The SMILES string of the molecule is Cc1cc(C)cc(N(C)c2cncc(CN)n2)c1. The van der Waals surface area contributed by atoms with Crippen molar-refractivity contribution in [2.45, 2.75) is 20.4 Å². The summed E-state index contributed by atoms with van der Waals surface area (Å²) in [5.41, 5.74) is 9.96. The zero-order valence-corrected chi connectivity index (χ0v) is 11.0. The first-order valence-corrected chi connectivity index (χ1v) is 5.93. The van der Waals surface area contributed by atoms with Crippen LogP contribution in [0.5, 0.6) is 0 Å². The van der Waals surface area contributed by atoms with Crippen LogP contribution in [0.4, 0.5) is 11.5 Å². The smallest absolute Gasteiger partial charge is 0.151 e. The molecular formula is C14H18N4. The summed E-state index contributed by atoms with van der Waals surface area (Å²) in [5.74, 6) is 0.808. The van der Waals surface area contributed by atoms with Crippen LogP contribution in [-0.2, 0) is 6.54 Å². The summed E-state index contributed by atoms with van der Waals surface area (Å²) in [7, 11) is 1.98. The van der Waals surface area contributed by atoms with Gasteiger partial charge in [0.25, 0.3) is 0 Å². The van der Waals surface area contributed by atoms with Crippen molar-refractivity contribution >= 4 is 11.5 Å². The minimum atomic E-state index is 0.404. The van der Waals surface area contributed by atoms with E-state index in [0.717, 1.165) is 17.2 Å². The zero-order valence-electron chi connectivity index (χ0n) is 11.0. The fourth-order valence-electron chi connectivity index (χ4n) is 1.93. The predicted molar refractivity (Wildman–Crippen MR) is 73.9 cm³/mol. The monoisotopic (exact) mass is 242 g/mol. The van der Waals surface area contributed by atoms with E-state index in [9.17, 15) is 0 Å². The third kappa shape index (κ3) is 2.65. The molecule has 18 heavy (non-hydrogen) atoms. The van der Waals surface area contributed by atoms with Gasteiger partial charge in [-0.1, -0.05) is 6.07 Å². The van der Waals surface area contributed by atoms with Crippen LogP contribution in [0.15, 0.2) is 30.6 Å². The van der Waals surface area contributed by atoms with Gasteiger partial charge in [0.15, 0.2) is 5.82 Å². The highest BCUT2D eigenvalue weighted by atomic mass is 15.2. The molecule has 1 aromatic carbocycles. The van der Waals surface area contributed by atoms with Gasteiger partial charge in [-0.05, 0) is 37.1 Å². The molecule has 0 bridgehead atoms. The molecule has 1 heterocycles. The maximum absolute atomic E-state index is 5.58. The van der Waals surface area contributed by atoms with Crippen LogP contribution in [0.2, 0.25) is 0 Å². The van der Waals surface area contributed by atoms with Gasteiger partial charge in [0.05, 0.1) is 11.9 Å². The van der Waals surface area contributed by atoms with E-state index >= 15 is 0 Å². The van der Waals surface area contributed by atoms with Gasteiger partial charge >= 0.3 is 0 Å². The second-order valence-corrected chi connectivity index (χ2v) is 4.48. The first kappa shape index (κ1) is 12.5. The van der Waals surface area contributed by atoms with Crippen LogP contribution in [0.3, 0.4) is 0 Å². The van der Waals surface area contributed by atoms with Gasteiger partial charge in [0.2, 0.25) is 0 Å².